The highest BCUT2D eigenvalue weighted by Crippen LogP contribution is 2.31. The van der Waals surface area contributed by atoms with Crippen LogP contribution in [0.2, 0.25) is 0 Å². The number of nitrogens with zero attached hydrogens (tertiary/aromatic N) is 1. The predicted octanol–water partition coefficient (Wildman–Crippen LogP) is 2.31. The molecule has 15 heavy (non-hydrogen) atoms. The van der Waals surface area contributed by atoms with E-state index in [2.05, 4.69) is 44.4 Å². The van der Waals surface area contributed by atoms with E-state index < -0.39 is 0 Å². The van der Waals surface area contributed by atoms with Crippen molar-refractivity contribution in [3.05, 3.63) is 33.8 Å². The third-order valence-corrected chi connectivity index (χ3v) is 3.92. The number of benzene rings is 1. The monoisotopic (exact) mass is 264 g/mol. The van der Waals surface area contributed by atoms with Crippen molar-refractivity contribution >= 4 is 22.3 Å². The molecule has 1 spiro atoms. The van der Waals surface area contributed by atoms with Crippen LogP contribution in [0.1, 0.15) is 17.5 Å². The number of rotatable bonds is 0. The molecular formula is C12H13BrN2. The molecular weight excluding hydrogens is 252 g/mol. The van der Waals surface area contributed by atoms with E-state index in [4.69, 9.17) is 0 Å². The molecule has 1 aliphatic heterocycles. The Balaban J connectivity index is 1.93. The molecule has 78 valence electrons. The molecule has 1 aromatic carbocycles. The first-order chi connectivity index (χ1) is 7.27. The number of nitrogens with one attached hydrogen (secondary N) is 1. The van der Waals surface area contributed by atoms with Gasteiger partial charge in [0.25, 0.3) is 0 Å². The molecule has 0 saturated carbocycles. The second kappa shape index (κ2) is 3.34. The number of aliphatic imine (C=N–C) groups is 1. The molecule has 0 saturated heterocycles. The Morgan fingerprint density at radius 2 is 2.27 bits per heavy atom. The number of halogens is 1. The van der Waals surface area contributed by atoms with Crippen LogP contribution in [0.4, 0.5) is 0 Å². The molecule has 0 radical (unpaired) electrons. The van der Waals surface area contributed by atoms with E-state index in [0.29, 0.717) is 0 Å². The maximum absolute atomic E-state index is 4.31. The zero-order valence-corrected chi connectivity index (χ0v) is 10.0. The fraction of sp³-hybridized carbons (Fsp3) is 0.417. The smallest absolute Gasteiger partial charge is 0.0829 e. The van der Waals surface area contributed by atoms with Crippen molar-refractivity contribution in [3.8, 4) is 0 Å². The Labute approximate surface area is 97.9 Å². The van der Waals surface area contributed by atoms with Crippen molar-refractivity contribution in [1.82, 2.24) is 5.32 Å². The first-order valence-electron chi connectivity index (χ1n) is 5.31. The highest BCUT2D eigenvalue weighted by molar-refractivity contribution is 9.10. The lowest BCUT2D eigenvalue weighted by Crippen LogP contribution is -2.47. The van der Waals surface area contributed by atoms with Crippen LogP contribution in [-0.4, -0.2) is 18.4 Å². The normalized spacial score (nSPS) is 27.8. The molecule has 0 aromatic heterocycles. The van der Waals surface area contributed by atoms with Crippen LogP contribution in [0, 0.1) is 0 Å². The van der Waals surface area contributed by atoms with Gasteiger partial charge >= 0.3 is 0 Å². The van der Waals surface area contributed by atoms with E-state index in [1.165, 1.54) is 22.0 Å². The van der Waals surface area contributed by atoms with Gasteiger partial charge in [-0.25, -0.2) is 0 Å². The first kappa shape index (κ1) is 9.40. The fourth-order valence-corrected chi connectivity index (χ4v) is 2.94. The van der Waals surface area contributed by atoms with Crippen LogP contribution < -0.4 is 5.32 Å². The van der Waals surface area contributed by atoms with Gasteiger partial charge in [0.2, 0.25) is 0 Å². The molecule has 3 heteroatoms. The lowest BCUT2D eigenvalue weighted by Gasteiger charge is -2.34. The van der Waals surface area contributed by atoms with Gasteiger partial charge in [0.15, 0.2) is 0 Å². The largest absolute Gasteiger partial charge is 0.369 e. The van der Waals surface area contributed by atoms with Crippen molar-refractivity contribution in [2.24, 2.45) is 4.99 Å². The lowest BCUT2D eigenvalue weighted by atomic mass is 9.78. The Bertz CT molecular complexity index is 418. The minimum Gasteiger partial charge on any atom is -0.369 e. The molecule has 1 atom stereocenters. The summed E-state index contributed by atoms with van der Waals surface area (Å²) < 4.78 is 1.19. The standard InChI is InChI=1S/C12H13BrN2/c13-11-2-1-10-6-12(7-14-8-15-12)4-3-9(10)5-11/h1-2,5,8H,3-4,6-7H2,(H,14,15). The first-order valence-corrected chi connectivity index (χ1v) is 6.10. The molecule has 1 unspecified atom stereocenters. The highest BCUT2D eigenvalue weighted by Gasteiger charge is 2.35. The zero-order chi connectivity index (χ0) is 10.3. The molecule has 0 bridgehead atoms. The summed E-state index contributed by atoms with van der Waals surface area (Å²) in [6.07, 6.45) is 5.32. The van der Waals surface area contributed by atoms with Gasteiger partial charge in [-0.1, -0.05) is 22.0 Å². The Morgan fingerprint density at radius 3 is 3.07 bits per heavy atom. The van der Waals surface area contributed by atoms with Crippen molar-refractivity contribution in [3.63, 3.8) is 0 Å². The summed E-state index contributed by atoms with van der Waals surface area (Å²) in [5, 5.41) is 3.42. The maximum atomic E-state index is 4.31. The predicted molar refractivity (Wildman–Crippen MR) is 65.4 cm³/mol. The summed E-state index contributed by atoms with van der Waals surface area (Å²) in [5.74, 6) is 0. The van der Waals surface area contributed by atoms with E-state index in [0.717, 1.165) is 19.4 Å². The van der Waals surface area contributed by atoms with E-state index >= 15 is 0 Å². The van der Waals surface area contributed by atoms with Gasteiger partial charge in [-0.15, -0.1) is 0 Å². The highest BCUT2D eigenvalue weighted by atomic mass is 79.9. The number of fused-ring (bicyclic) bond motifs is 1. The van der Waals surface area contributed by atoms with Gasteiger partial charge in [-0.3, -0.25) is 4.99 Å². The molecule has 1 N–H and O–H groups in total. The Kier molecular flexibility index (Phi) is 2.09. The maximum Gasteiger partial charge on any atom is 0.0829 e. The van der Waals surface area contributed by atoms with Crippen LogP contribution in [0.3, 0.4) is 0 Å². The van der Waals surface area contributed by atoms with Gasteiger partial charge in [0.1, 0.15) is 0 Å². The summed E-state index contributed by atoms with van der Waals surface area (Å²) in [5.41, 5.74) is 3.19. The van der Waals surface area contributed by atoms with E-state index in [1.807, 2.05) is 6.34 Å². The van der Waals surface area contributed by atoms with E-state index in [1.54, 1.807) is 0 Å². The van der Waals surface area contributed by atoms with Crippen LogP contribution in [0.15, 0.2) is 27.7 Å². The molecule has 3 rings (SSSR count). The Morgan fingerprint density at radius 1 is 1.33 bits per heavy atom. The summed E-state index contributed by atoms with van der Waals surface area (Å²) in [7, 11) is 0. The number of aryl methyl sites for hydroxylation is 1. The van der Waals surface area contributed by atoms with E-state index in [9.17, 15) is 0 Å². The number of hydrogen-bond donors (Lipinski definition) is 1. The molecule has 2 aliphatic rings. The Hall–Kier alpha value is -0.830. The summed E-state index contributed by atoms with van der Waals surface area (Å²) in [6.45, 7) is 0.933. The quantitative estimate of drug-likeness (QED) is 0.764. The minimum atomic E-state index is 0.223. The molecule has 1 aliphatic carbocycles. The zero-order valence-electron chi connectivity index (χ0n) is 8.46. The summed E-state index contributed by atoms with van der Waals surface area (Å²) in [4.78, 5) is 4.31. The summed E-state index contributed by atoms with van der Waals surface area (Å²) in [6, 6.07) is 6.62. The lowest BCUT2D eigenvalue weighted by molar-refractivity contribution is 0.363. The molecule has 1 heterocycles. The van der Waals surface area contributed by atoms with Gasteiger partial charge in [0.05, 0.1) is 18.4 Å². The molecule has 1 aromatic rings. The van der Waals surface area contributed by atoms with Crippen molar-refractivity contribution in [1.29, 1.82) is 0 Å². The average Bonchev–Trinajstić information content (AvgIpc) is 2.67. The SMILES string of the molecule is Brc1ccc2c(c1)CCC1(CN=CN1)C2. The van der Waals surface area contributed by atoms with Crippen LogP contribution in [0.25, 0.3) is 0 Å². The van der Waals surface area contributed by atoms with Gasteiger partial charge in [-0.05, 0) is 42.5 Å². The van der Waals surface area contributed by atoms with Gasteiger partial charge < -0.3 is 5.32 Å². The average molecular weight is 265 g/mol. The molecule has 0 amide bonds. The molecule has 2 nitrogen and oxygen atoms in total. The molecule has 0 fully saturated rings. The topological polar surface area (TPSA) is 24.4 Å². The second-order valence-electron chi connectivity index (χ2n) is 4.48. The van der Waals surface area contributed by atoms with Gasteiger partial charge in [-0.2, -0.15) is 0 Å². The third kappa shape index (κ3) is 1.59. The van der Waals surface area contributed by atoms with Crippen LogP contribution in [0.5, 0.6) is 0 Å². The third-order valence-electron chi connectivity index (χ3n) is 3.43. The minimum absolute atomic E-state index is 0.223. The fourth-order valence-electron chi connectivity index (χ4n) is 2.53. The van der Waals surface area contributed by atoms with Crippen LogP contribution in [-0.2, 0) is 12.8 Å². The van der Waals surface area contributed by atoms with Crippen molar-refractivity contribution in [2.75, 3.05) is 6.54 Å². The second-order valence-corrected chi connectivity index (χ2v) is 5.40. The van der Waals surface area contributed by atoms with E-state index in [-0.39, 0.29) is 5.54 Å². The van der Waals surface area contributed by atoms with Crippen LogP contribution >= 0.6 is 15.9 Å². The summed E-state index contributed by atoms with van der Waals surface area (Å²) >= 11 is 3.53. The van der Waals surface area contributed by atoms with Crippen molar-refractivity contribution < 1.29 is 0 Å². The van der Waals surface area contributed by atoms with Gasteiger partial charge in [0, 0.05) is 4.47 Å². The van der Waals surface area contributed by atoms with Crippen molar-refractivity contribution in [2.45, 2.75) is 24.8 Å². The number of hydrogen-bond acceptors (Lipinski definition) is 2.